The van der Waals surface area contributed by atoms with Crippen LogP contribution in [0.25, 0.3) is 10.9 Å². The van der Waals surface area contributed by atoms with Crippen molar-refractivity contribution in [1.29, 1.82) is 0 Å². The van der Waals surface area contributed by atoms with E-state index in [9.17, 15) is 14.4 Å². The minimum absolute atomic E-state index is 0.323. The second-order valence-corrected chi connectivity index (χ2v) is 10.8. The third-order valence-electron chi connectivity index (χ3n) is 8.53. The van der Waals surface area contributed by atoms with Gasteiger partial charge in [-0.1, -0.05) is 35.9 Å². The Morgan fingerprint density at radius 2 is 1.77 bits per heavy atom. The number of imide groups is 1. The molecule has 9 heteroatoms. The van der Waals surface area contributed by atoms with Gasteiger partial charge in [-0.05, 0) is 60.9 Å². The molecular formula is C30H25ClN4O4. The third kappa shape index (κ3) is 3.19. The molecular weight excluding hydrogens is 516 g/mol. The molecule has 0 bridgehead atoms. The normalized spacial score (nSPS) is 25.5. The molecule has 1 spiro atoms. The first-order valence-electron chi connectivity index (χ1n) is 12.8. The van der Waals surface area contributed by atoms with Crippen LogP contribution in [0.5, 0.6) is 5.75 Å². The Labute approximate surface area is 229 Å². The number of hydrogen-bond acceptors (Lipinski definition) is 5. The van der Waals surface area contributed by atoms with Gasteiger partial charge in [-0.3, -0.25) is 19.7 Å². The SMILES string of the molecule is COc1ccc(N2C(=O)[C@@H]3[C@H](Cc4c[nH]c5ccccc45)N[C@]4(C(=O)Nc5c4ccc(Cl)c5C)[C@@H]3C2=O)cc1. The van der Waals surface area contributed by atoms with Gasteiger partial charge < -0.3 is 15.0 Å². The van der Waals surface area contributed by atoms with Gasteiger partial charge in [0.05, 0.1) is 30.3 Å². The zero-order valence-electron chi connectivity index (χ0n) is 21.2. The van der Waals surface area contributed by atoms with E-state index >= 15 is 0 Å². The van der Waals surface area contributed by atoms with Gasteiger partial charge >= 0.3 is 0 Å². The summed E-state index contributed by atoms with van der Waals surface area (Å²) in [5.41, 5.74) is 3.00. The van der Waals surface area contributed by atoms with Crippen molar-refractivity contribution in [3.8, 4) is 5.75 Å². The first kappa shape index (κ1) is 23.9. The van der Waals surface area contributed by atoms with Crippen molar-refractivity contribution >= 4 is 51.6 Å². The number of rotatable bonds is 4. The summed E-state index contributed by atoms with van der Waals surface area (Å²) in [5.74, 6) is -2.14. The van der Waals surface area contributed by atoms with Gasteiger partial charge in [0.25, 0.3) is 0 Å². The van der Waals surface area contributed by atoms with Gasteiger partial charge in [-0.15, -0.1) is 0 Å². The van der Waals surface area contributed by atoms with Crippen molar-refractivity contribution in [2.75, 3.05) is 17.3 Å². The fourth-order valence-electron chi connectivity index (χ4n) is 6.69. The Balaban J connectivity index is 1.38. The molecule has 4 atom stereocenters. The molecule has 3 N–H and O–H groups in total. The summed E-state index contributed by atoms with van der Waals surface area (Å²) in [6, 6.07) is 17.8. The Kier molecular flexibility index (Phi) is 5.17. The average molecular weight is 541 g/mol. The molecule has 1 aromatic heterocycles. The van der Waals surface area contributed by atoms with E-state index in [-0.39, 0.29) is 11.8 Å². The van der Waals surface area contributed by atoms with E-state index in [0.717, 1.165) is 22.0 Å². The maximum absolute atomic E-state index is 14.2. The molecule has 3 aliphatic rings. The van der Waals surface area contributed by atoms with E-state index in [1.807, 2.05) is 37.4 Å². The van der Waals surface area contributed by atoms with Gasteiger partial charge in [0.2, 0.25) is 17.7 Å². The number of ether oxygens (including phenoxy) is 1. The Bertz CT molecular complexity index is 1700. The largest absolute Gasteiger partial charge is 0.497 e. The lowest BCUT2D eigenvalue weighted by atomic mass is 9.76. The fraction of sp³-hybridized carbons (Fsp3) is 0.233. The van der Waals surface area contributed by atoms with E-state index in [2.05, 4.69) is 15.6 Å². The van der Waals surface area contributed by atoms with E-state index in [1.54, 1.807) is 43.5 Å². The summed E-state index contributed by atoms with van der Waals surface area (Å²) in [4.78, 5) is 46.7. The summed E-state index contributed by atoms with van der Waals surface area (Å²) >= 11 is 6.39. The second kappa shape index (κ2) is 8.43. The van der Waals surface area contributed by atoms with Gasteiger partial charge in [-0.2, -0.15) is 0 Å². The molecule has 2 fully saturated rings. The van der Waals surface area contributed by atoms with Crippen LogP contribution in [0.3, 0.4) is 0 Å². The highest BCUT2D eigenvalue weighted by Gasteiger charge is 2.70. The molecule has 4 aromatic rings. The zero-order valence-corrected chi connectivity index (χ0v) is 22.0. The van der Waals surface area contributed by atoms with E-state index in [0.29, 0.717) is 34.1 Å². The highest BCUT2D eigenvalue weighted by Crippen LogP contribution is 2.55. The zero-order chi connectivity index (χ0) is 27.1. The number of para-hydroxylation sites is 1. The van der Waals surface area contributed by atoms with Crippen molar-refractivity contribution < 1.29 is 19.1 Å². The van der Waals surface area contributed by atoms with Crippen LogP contribution >= 0.6 is 11.6 Å². The maximum Gasteiger partial charge on any atom is 0.250 e. The van der Waals surface area contributed by atoms with Crippen molar-refractivity contribution in [2.45, 2.75) is 24.9 Å². The van der Waals surface area contributed by atoms with Crippen LogP contribution in [0.15, 0.2) is 66.9 Å². The number of carbonyl (C=O) groups excluding carboxylic acids is 3. The van der Waals surface area contributed by atoms with Crippen LogP contribution in [-0.2, 0) is 26.3 Å². The number of amides is 3. The molecule has 3 aromatic carbocycles. The summed E-state index contributed by atoms with van der Waals surface area (Å²) in [5, 5.41) is 8.05. The Hall–Kier alpha value is -4.14. The number of benzene rings is 3. The molecule has 2 saturated heterocycles. The Morgan fingerprint density at radius 3 is 2.54 bits per heavy atom. The summed E-state index contributed by atoms with van der Waals surface area (Å²) < 4.78 is 5.26. The molecule has 4 heterocycles. The first-order chi connectivity index (χ1) is 18.8. The van der Waals surface area contributed by atoms with Crippen molar-refractivity contribution in [3.05, 3.63) is 88.6 Å². The molecule has 196 valence electrons. The highest BCUT2D eigenvalue weighted by atomic mass is 35.5. The smallest absolute Gasteiger partial charge is 0.250 e. The molecule has 0 radical (unpaired) electrons. The fourth-order valence-corrected chi connectivity index (χ4v) is 6.85. The van der Waals surface area contributed by atoms with Crippen molar-refractivity contribution in [1.82, 2.24) is 10.3 Å². The van der Waals surface area contributed by atoms with Crippen LogP contribution in [0.1, 0.15) is 16.7 Å². The van der Waals surface area contributed by atoms with Gasteiger partial charge in [-0.25, -0.2) is 4.90 Å². The average Bonchev–Trinajstić information content (AvgIpc) is 3.65. The number of nitrogens with zero attached hydrogens (tertiary/aromatic N) is 1. The molecule has 3 aliphatic heterocycles. The summed E-state index contributed by atoms with van der Waals surface area (Å²) in [6.45, 7) is 1.83. The predicted molar refractivity (Wildman–Crippen MR) is 148 cm³/mol. The molecule has 0 aliphatic carbocycles. The molecule has 39 heavy (non-hydrogen) atoms. The minimum Gasteiger partial charge on any atom is -0.497 e. The van der Waals surface area contributed by atoms with Crippen molar-refractivity contribution in [2.24, 2.45) is 11.8 Å². The predicted octanol–water partition coefficient (Wildman–Crippen LogP) is 4.31. The lowest BCUT2D eigenvalue weighted by Gasteiger charge is -2.29. The number of carbonyl (C=O) groups is 3. The van der Waals surface area contributed by atoms with E-state index in [4.69, 9.17) is 16.3 Å². The number of anilines is 2. The van der Waals surface area contributed by atoms with Gasteiger partial charge in [0, 0.05) is 33.7 Å². The molecule has 0 unspecified atom stereocenters. The highest BCUT2D eigenvalue weighted by molar-refractivity contribution is 6.32. The minimum atomic E-state index is -1.40. The Morgan fingerprint density at radius 1 is 1.00 bits per heavy atom. The lowest BCUT2D eigenvalue weighted by Crippen LogP contribution is -2.53. The van der Waals surface area contributed by atoms with Crippen LogP contribution < -0.4 is 20.3 Å². The number of hydrogen-bond donors (Lipinski definition) is 3. The molecule has 3 amide bonds. The summed E-state index contributed by atoms with van der Waals surface area (Å²) in [7, 11) is 1.56. The number of methoxy groups -OCH3 is 1. The first-order valence-corrected chi connectivity index (χ1v) is 13.2. The summed E-state index contributed by atoms with van der Waals surface area (Å²) in [6.07, 6.45) is 2.39. The molecule has 8 nitrogen and oxygen atoms in total. The van der Waals surface area contributed by atoms with Gasteiger partial charge in [0.15, 0.2) is 0 Å². The monoisotopic (exact) mass is 540 g/mol. The van der Waals surface area contributed by atoms with Crippen LogP contribution in [-0.4, -0.2) is 35.9 Å². The lowest BCUT2D eigenvalue weighted by molar-refractivity contribution is -0.130. The number of fused-ring (bicyclic) bond motifs is 5. The number of aromatic nitrogens is 1. The second-order valence-electron chi connectivity index (χ2n) is 10.4. The number of nitrogens with one attached hydrogen (secondary N) is 3. The molecule has 0 saturated carbocycles. The van der Waals surface area contributed by atoms with E-state index < -0.39 is 29.3 Å². The number of halogens is 1. The van der Waals surface area contributed by atoms with Crippen LogP contribution in [0.4, 0.5) is 11.4 Å². The van der Waals surface area contributed by atoms with Gasteiger partial charge in [0.1, 0.15) is 11.3 Å². The van der Waals surface area contributed by atoms with E-state index in [1.165, 1.54) is 4.90 Å². The third-order valence-corrected chi connectivity index (χ3v) is 8.94. The van der Waals surface area contributed by atoms with Crippen LogP contribution in [0, 0.1) is 18.8 Å². The number of aromatic amines is 1. The van der Waals surface area contributed by atoms with Crippen LogP contribution in [0.2, 0.25) is 5.02 Å². The van der Waals surface area contributed by atoms with Crippen molar-refractivity contribution in [3.63, 3.8) is 0 Å². The number of H-pyrrole nitrogens is 1. The quantitative estimate of drug-likeness (QED) is 0.335. The molecule has 7 rings (SSSR count). The topological polar surface area (TPSA) is 104 Å². The maximum atomic E-state index is 14.2. The standard InChI is InChI=1S/C30H25ClN4O4/c1-15-21(31)12-11-20-26(15)33-29(38)30(20)25-24(23(34-30)13-16-14-32-22-6-4-3-5-19(16)22)27(36)35(28(25)37)17-7-9-18(39-2)10-8-17/h3-12,14,23-25,32,34H,13H2,1-2H3,(H,33,38)/t23-,24+,25-,30-/m0/s1.